The van der Waals surface area contributed by atoms with Crippen molar-refractivity contribution in [2.75, 3.05) is 0 Å². The van der Waals surface area contributed by atoms with Crippen LogP contribution < -0.4 is 11.3 Å². The molecule has 10 nitrogen and oxygen atoms in total. The molecule has 0 bridgehead atoms. The lowest BCUT2D eigenvalue weighted by Gasteiger charge is -2.21. The fraction of sp³-hybridized carbons (Fsp3) is 0.312. The lowest BCUT2D eigenvalue weighted by atomic mass is 9.99. The second kappa shape index (κ2) is 7.32. The van der Waals surface area contributed by atoms with Gasteiger partial charge in [-0.1, -0.05) is 29.3 Å². The second-order valence-electron chi connectivity index (χ2n) is 6.30. The number of ether oxygens (including phenoxy) is 1. The molecule has 1 saturated heterocycles. The molecule has 2 aromatic heterocycles. The van der Waals surface area contributed by atoms with Crippen LogP contribution in [0.2, 0.25) is 10.0 Å². The van der Waals surface area contributed by atoms with E-state index >= 15 is 0 Å². The summed E-state index contributed by atoms with van der Waals surface area (Å²) in [4.78, 5) is 6.86. The Hall–Kier alpha value is -2.21. The first-order valence-electron chi connectivity index (χ1n) is 8.21. The van der Waals surface area contributed by atoms with Gasteiger partial charge in [0.05, 0.1) is 28.0 Å². The van der Waals surface area contributed by atoms with E-state index in [1.165, 1.54) is 29.3 Å². The molecule has 148 valence electrons. The molecule has 5 atom stereocenters. The minimum absolute atomic E-state index is 0.250. The lowest BCUT2D eigenvalue weighted by molar-refractivity contribution is -0.0884. The molecule has 0 spiro atoms. The van der Waals surface area contributed by atoms with Crippen LogP contribution in [0.4, 0.5) is 0 Å². The first-order chi connectivity index (χ1) is 13.4. The molecule has 4 rings (SSSR count). The Morgan fingerprint density at radius 1 is 1.25 bits per heavy atom. The topological polar surface area (TPSA) is 155 Å². The Bertz CT molecular complexity index is 1090. The van der Waals surface area contributed by atoms with Crippen LogP contribution >= 0.6 is 23.2 Å². The molecule has 1 fully saturated rings. The third kappa shape index (κ3) is 3.04. The quantitative estimate of drug-likeness (QED) is 0.295. The fourth-order valence-corrected chi connectivity index (χ4v) is 3.53. The monoisotopic (exact) mass is 426 g/mol. The molecule has 3 aromatic rings. The predicted molar refractivity (Wildman–Crippen MR) is 99.0 cm³/mol. The highest BCUT2D eigenvalue weighted by Crippen LogP contribution is 2.37. The molecule has 0 aliphatic carbocycles. The van der Waals surface area contributed by atoms with Gasteiger partial charge in [0.2, 0.25) is 0 Å². The number of nitrogens with zero attached hydrogens (tertiary/aromatic N) is 4. The van der Waals surface area contributed by atoms with Crippen molar-refractivity contribution in [2.45, 2.75) is 30.6 Å². The van der Waals surface area contributed by atoms with Crippen LogP contribution in [-0.4, -0.2) is 53.4 Å². The zero-order valence-corrected chi connectivity index (χ0v) is 15.7. The van der Waals surface area contributed by atoms with Crippen molar-refractivity contribution in [1.29, 1.82) is 0 Å². The van der Waals surface area contributed by atoms with E-state index < -0.39 is 30.6 Å². The van der Waals surface area contributed by atoms with Gasteiger partial charge >= 0.3 is 0 Å². The number of aliphatic hydroxyl groups excluding tert-OH is 3. The molecular weight excluding hydrogens is 411 g/mol. The van der Waals surface area contributed by atoms with Crippen molar-refractivity contribution < 1.29 is 20.1 Å². The minimum Gasteiger partial charge on any atom is -0.387 e. The van der Waals surface area contributed by atoms with Crippen molar-refractivity contribution in [3.63, 3.8) is 0 Å². The van der Waals surface area contributed by atoms with Gasteiger partial charge in [-0.25, -0.2) is 9.67 Å². The van der Waals surface area contributed by atoms with E-state index in [1.807, 2.05) is 0 Å². The molecule has 1 aliphatic rings. The normalized spacial score (nSPS) is 26.8. The summed E-state index contributed by atoms with van der Waals surface area (Å²) in [5.41, 5.74) is 1.07. The van der Waals surface area contributed by atoms with Gasteiger partial charge in [0.15, 0.2) is 11.7 Å². The molecule has 0 unspecified atom stereocenters. The smallest absolute Gasteiger partial charge is 0.185 e. The van der Waals surface area contributed by atoms with E-state index in [1.54, 1.807) is 6.07 Å². The Kier molecular flexibility index (Phi) is 5.00. The molecule has 0 radical (unpaired) electrons. The van der Waals surface area contributed by atoms with E-state index in [2.05, 4.69) is 20.2 Å². The van der Waals surface area contributed by atoms with E-state index in [0.29, 0.717) is 21.6 Å². The summed E-state index contributed by atoms with van der Waals surface area (Å²) < 4.78 is 7.10. The maximum atomic E-state index is 10.7. The molecule has 0 saturated carbocycles. The van der Waals surface area contributed by atoms with Crippen LogP contribution in [0.15, 0.2) is 35.8 Å². The molecule has 3 heterocycles. The van der Waals surface area contributed by atoms with Crippen molar-refractivity contribution in [3.8, 4) is 0 Å². The number of H-pyrrole nitrogens is 1. The maximum Gasteiger partial charge on any atom is 0.185 e. The number of hydrogen-bond donors (Lipinski definition) is 5. The van der Waals surface area contributed by atoms with Crippen LogP contribution in [0.25, 0.3) is 11.0 Å². The van der Waals surface area contributed by atoms with Gasteiger partial charge in [0.1, 0.15) is 30.1 Å². The lowest BCUT2D eigenvalue weighted by Crippen LogP contribution is -2.35. The summed E-state index contributed by atoms with van der Waals surface area (Å²) in [5, 5.41) is 40.5. The van der Waals surface area contributed by atoms with E-state index in [9.17, 15) is 15.3 Å². The van der Waals surface area contributed by atoms with Crippen molar-refractivity contribution >= 4 is 34.2 Å². The SMILES string of the molecule is NN=c1nc[nH]c2c1cnn2[C@@H]1O[C@H]([C@H](O)c2ccc(Cl)c(Cl)c2)[C@@H](O)[C@H]1O. The number of aromatic amines is 1. The third-order valence-corrected chi connectivity index (χ3v) is 5.40. The third-order valence-electron chi connectivity index (χ3n) is 4.66. The van der Waals surface area contributed by atoms with Crippen LogP contribution in [0.3, 0.4) is 0 Å². The number of benzene rings is 1. The molecule has 28 heavy (non-hydrogen) atoms. The standard InChI is InChI=1S/C16H16Cl2N6O4/c17-8-2-1-6(3-9(8)18)10(25)13-11(26)12(27)16(28-13)24-15-7(4-22-24)14(23-19)20-5-21-15/h1-5,10-13,16,25-27H,19H2,(H,20,21,23)/t10-,11+,12-,13-,16-/m1/s1. The van der Waals surface area contributed by atoms with Gasteiger partial charge in [0, 0.05) is 0 Å². The number of aliphatic hydroxyl groups is 3. The van der Waals surface area contributed by atoms with Gasteiger partial charge in [-0.2, -0.15) is 10.2 Å². The first kappa shape index (κ1) is 19.1. The summed E-state index contributed by atoms with van der Waals surface area (Å²) in [5.74, 6) is 5.31. The predicted octanol–water partition coefficient (Wildman–Crippen LogP) is 0.193. The van der Waals surface area contributed by atoms with Gasteiger partial charge in [0.25, 0.3) is 0 Å². The van der Waals surface area contributed by atoms with Crippen molar-refractivity contribution in [2.24, 2.45) is 10.9 Å². The van der Waals surface area contributed by atoms with Crippen molar-refractivity contribution in [1.82, 2.24) is 19.7 Å². The van der Waals surface area contributed by atoms with Crippen LogP contribution in [0.5, 0.6) is 0 Å². The molecule has 12 heteroatoms. The average Bonchev–Trinajstić information content (AvgIpc) is 3.25. The summed E-state index contributed by atoms with van der Waals surface area (Å²) in [7, 11) is 0. The van der Waals surface area contributed by atoms with E-state index in [4.69, 9.17) is 33.8 Å². The van der Waals surface area contributed by atoms with E-state index in [-0.39, 0.29) is 10.5 Å². The number of fused-ring (bicyclic) bond motifs is 1. The van der Waals surface area contributed by atoms with Gasteiger partial charge in [-0.3, -0.25) is 0 Å². The Labute approximate surface area is 167 Å². The minimum atomic E-state index is -1.38. The highest BCUT2D eigenvalue weighted by molar-refractivity contribution is 6.42. The summed E-state index contributed by atoms with van der Waals surface area (Å²) in [6.07, 6.45) is -3.37. The zero-order chi connectivity index (χ0) is 20.0. The number of halogens is 2. The fourth-order valence-electron chi connectivity index (χ4n) is 3.22. The van der Waals surface area contributed by atoms with E-state index in [0.717, 1.165) is 0 Å². The number of nitrogens with one attached hydrogen (secondary N) is 1. The second-order valence-corrected chi connectivity index (χ2v) is 7.11. The summed E-state index contributed by atoms with van der Waals surface area (Å²) >= 11 is 11.9. The van der Waals surface area contributed by atoms with Gasteiger partial charge < -0.3 is 30.9 Å². The van der Waals surface area contributed by atoms with Crippen LogP contribution in [-0.2, 0) is 4.74 Å². The number of aromatic nitrogens is 4. The number of nitrogens with two attached hydrogens (primary N) is 1. The van der Waals surface area contributed by atoms with Crippen LogP contribution in [0.1, 0.15) is 17.9 Å². The average molecular weight is 427 g/mol. The molecule has 1 aliphatic heterocycles. The largest absolute Gasteiger partial charge is 0.387 e. The Morgan fingerprint density at radius 3 is 2.75 bits per heavy atom. The maximum absolute atomic E-state index is 10.7. The summed E-state index contributed by atoms with van der Waals surface area (Å²) in [6, 6.07) is 4.56. The number of hydrogen-bond acceptors (Lipinski definition) is 8. The Morgan fingerprint density at radius 2 is 2.04 bits per heavy atom. The molecular formula is C16H16Cl2N6O4. The first-order valence-corrected chi connectivity index (χ1v) is 8.97. The van der Waals surface area contributed by atoms with Crippen LogP contribution in [0, 0.1) is 0 Å². The summed E-state index contributed by atoms with van der Waals surface area (Å²) in [6.45, 7) is 0. The van der Waals surface area contributed by atoms with Gasteiger partial charge in [-0.15, -0.1) is 0 Å². The highest BCUT2D eigenvalue weighted by Gasteiger charge is 2.48. The van der Waals surface area contributed by atoms with Crippen molar-refractivity contribution in [3.05, 3.63) is 51.8 Å². The molecule has 0 amide bonds. The zero-order valence-electron chi connectivity index (χ0n) is 14.1. The number of rotatable bonds is 3. The molecule has 6 N–H and O–H groups in total. The molecule has 1 aromatic carbocycles. The van der Waals surface area contributed by atoms with Gasteiger partial charge in [-0.05, 0) is 17.7 Å². The Balaban J connectivity index is 1.67. The highest BCUT2D eigenvalue weighted by atomic mass is 35.5.